The highest BCUT2D eigenvalue weighted by molar-refractivity contribution is 7.90. The van der Waals surface area contributed by atoms with Gasteiger partial charge in [-0.2, -0.15) is 5.26 Å². The van der Waals surface area contributed by atoms with Crippen LogP contribution in [0.25, 0.3) is 0 Å². The molecule has 1 aromatic carbocycles. The highest BCUT2D eigenvalue weighted by Gasteiger charge is 2.19. The lowest BCUT2D eigenvalue weighted by Crippen LogP contribution is -2.43. The number of benzene rings is 1. The van der Waals surface area contributed by atoms with E-state index in [0.29, 0.717) is 18.2 Å². The molecule has 2 rings (SSSR count). The molecule has 0 atom stereocenters. The molecule has 0 saturated carbocycles. The Morgan fingerprint density at radius 3 is 2.73 bits per heavy atom. The lowest BCUT2D eigenvalue weighted by molar-refractivity contribution is 0.206. The maximum absolute atomic E-state index is 11.2. The molecule has 0 aromatic heterocycles. The molecule has 1 fully saturated rings. The first-order chi connectivity index (χ1) is 10.5. The van der Waals surface area contributed by atoms with E-state index in [2.05, 4.69) is 16.3 Å². The lowest BCUT2D eigenvalue weighted by atomic mass is 10.0. The van der Waals surface area contributed by atoms with Crippen LogP contribution < -0.4 is 5.32 Å². The molecule has 0 unspecified atom stereocenters. The number of sulfone groups is 1. The second kappa shape index (κ2) is 7.73. The van der Waals surface area contributed by atoms with Crippen LogP contribution in [-0.2, 0) is 16.4 Å². The fourth-order valence-electron chi connectivity index (χ4n) is 2.67. The number of rotatable bonds is 6. The number of nitrogens with zero attached hydrogens (tertiary/aromatic N) is 2. The average Bonchev–Trinajstić information content (AvgIpc) is 2.51. The van der Waals surface area contributed by atoms with E-state index in [1.165, 1.54) is 6.26 Å². The number of likely N-dealkylation sites (tertiary alicyclic amines) is 1. The second-order valence-electron chi connectivity index (χ2n) is 5.94. The summed E-state index contributed by atoms with van der Waals surface area (Å²) in [6, 6.07) is 10.3. The summed E-state index contributed by atoms with van der Waals surface area (Å²) in [6.45, 7) is 3.27. The van der Waals surface area contributed by atoms with E-state index in [1.54, 1.807) is 0 Å². The van der Waals surface area contributed by atoms with Gasteiger partial charge in [-0.3, -0.25) is 0 Å². The van der Waals surface area contributed by atoms with Crippen LogP contribution in [0, 0.1) is 11.3 Å². The molecule has 6 heteroatoms. The zero-order valence-corrected chi connectivity index (χ0v) is 13.8. The summed E-state index contributed by atoms with van der Waals surface area (Å²) in [6.07, 6.45) is 3.35. The van der Waals surface area contributed by atoms with Gasteiger partial charge in [-0.05, 0) is 43.6 Å². The van der Waals surface area contributed by atoms with E-state index in [-0.39, 0.29) is 5.75 Å². The van der Waals surface area contributed by atoms with Gasteiger partial charge >= 0.3 is 0 Å². The third-order valence-electron chi connectivity index (χ3n) is 4.02. The molecular weight excluding hydrogens is 298 g/mol. The van der Waals surface area contributed by atoms with E-state index < -0.39 is 9.84 Å². The summed E-state index contributed by atoms with van der Waals surface area (Å²) >= 11 is 0. The standard InChI is InChI=1S/C16H23N3O2S/c1-22(20,21)10-9-19-7-5-16(6-8-19)18-13-15-4-2-3-14(11-15)12-17/h2-4,11,16,18H,5-10,13H2,1H3. The van der Waals surface area contributed by atoms with Crippen molar-refractivity contribution in [3.63, 3.8) is 0 Å². The molecule has 120 valence electrons. The summed E-state index contributed by atoms with van der Waals surface area (Å²) < 4.78 is 22.4. The third kappa shape index (κ3) is 5.76. The van der Waals surface area contributed by atoms with Crippen LogP contribution >= 0.6 is 0 Å². The van der Waals surface area contributed by atoms with Crippen molar-refractivity contribution in [1.29, 1.82) is 5.26 Å². The summed E-state index contributed by atoms with van der Waals surface area (Å²) in [4.78, 5) is 2.22. The van der Waals surface area contributed by atoms with Gasteiger partial charge in [-0.1, -0.05) is 12.1 Å². The van der Waals surface area contributed by atoms with Gasteiger partial charge in [-0.15, -0.1) is 0 Å². The Hall–Kier alpha value is -1.42. The van der Waals surface area contributed by atoms with E-state index in [1.807, 2.05) is 24.3 Å². The normalized spacial score (nSPS) is 17.3. The molecule has 22 heavy (non-hydrogen) atoms. The molecule has 1 aliphatic heterocycles. The van der Waals surface area contributed by atoms with E-state index in [4.69, 9.17) is 5.26 Å². The first-order valence-electron chi connectivity index (χ1n) is 7.59. The average molecular weight is 321 g/mol. The maximum Gasteiger partial charge on any atom is 0.148 e. The predicted octanol–water partition coefficient (Wildman–Crippen LogP) is 1.16. The Bertz CT molecular complexity index is 629. The van der Waals surface area contributed by atoms with Crippen molar-refractivity contribution in [2.45, 2.75) is 25.4 Å². The summed E-state index contributed by atoms with van der Waals surface area (Å²) in [5.41, 5.74) is 1.81. The summed E-state index contributed by atoms with van der Waals surface area (Å²) in [5, 5.41) is 12.4. The van der Waals surface area contributed by atoms with Crippen LogP contribution in [0.5, 0.6) is 0 Å². The molecule has 0 radical (unpaired) electrons. The lowest BCUT2D eigenvalue weighted by Gasteiger charge is -2.32. The first kappa shape index (κ1) is 16.9. The van der Waals surface area contributed by atoms with Crippen LogP contribution in [0.3, 0.4) is 0 Å². The molecule has 0 spiro atoms. The smallest absolute Gasteiger partial charge is 0.148 e. The molecule has 1 aromatic rings. The van der Waals surface area contributed by atoms with Crippen LogP contribution in [0.1, 0.15) is 24.0 Å². The summed E-state index contributed by atoms with van der Waals surface area (Å²) in [5.74, 6) is 0.242. The molecular formula is C16H23N3O2S. The Morgan fingerprint density at radius 2 is 2.09 bits per heavy atom. The van der Waals surface area contributed by atoms with Gasteiger partial charge in [0.2, 0.25) is 0 Å². The minimum atomic E-state index is -2.87. The molecule has 1 heterocycles. The van der Waals surface area contributed by atoms with Gasteiger partial charge in [0.1, 0.15) is 9.84 Å². The zero-order chi connectivity index (χ0) is 16.0. The number of piperidine rings is 1. The van der Waals surface area contributed by atoms with E-state index in [0.717, 1.165) is 38.0 Å². The number of hydrogen-bond donors (Lipinski definition) is 1. The Kier molecular flexibility index (Phi) is 5.95. The number of hydrogen-bond acceptors (Lipinski definition) is 5. The summed E-state index contributed by atoms with van der Waals surface area (Å²) in [7, 11) is -2.87. The quantitative estimate of drug-likeness (QED) is 0.851. The SMILES string of the molecule is CS(=O)(=O)CCN1CCC(NCc2cccc(C#N)c2)CC1. The molecule has 1 N–H and O–H groups in total. The minimum Gasteiger partial charge on any atom is -0.310 e. The van der Waals surface area contributed by atoms with Gasteiger partial charge in [0.05, 0.1) is 17.4 Å². The van der Waals surface area contributed by atoms with Crippen LogP contribution in [0.2, 0.25) is 0 Å². The number of nitriles is 1. The van der Waals surface area contributed by atoms with Crippen LogP contribution in [-0.4, -0.2) is 51.0 Å². The largest absolute Gasteiger partial charge is 0.310 e. The van der Waals surface area contributed by atoms with Crippen molar-refractivity contribution in [1.82, 2.24) is 10.2 Å². The topological polar surface area (TPSA) is 73.2 Å². The van der Waals surface area contributed by atoms with Crippen molar-refractivity contribution in [3.05, 3.63) is 35.4 Å². The van der Waals surface area contributed by atoms with Gasteiger partial charge in [0, 0.05) is 25.4 Å². The van der Waals surface area contributed by atoms with Crippen LogP contribution in [0.4, 0.5) is 0 Å². The van der Waals surface area contributed by atoms with Crippen molar-refractivity contribution in [3.8, 4) is 6.07 Å². The Morgan fingerprint density at radius 1 is 1.36 bits per heavy atom. The fourth-order valence-corrected chi connectivity index (χ4v) is 3.26. The second-order valence-corrected chi connectivity index (χ2v) is 8.20. The third-order valence-corrected chi connectivity index (χ3v) is 4.94. The van der Waals surface area contributed by atoms with Crippen molar-refractivity contribution < 1.29 is 8.42 Å². The van der Waals surface area contributed by atoms with Gasteiger partial charge in [-0.25, -0.2) is 8.42 Å². The zero-order valence-electron chi connectivity index (χ0n) is 13.0. The van der Waals surface area contributed by atoms with Crippen LogP contribution in [0.15, 0.2) is 24.3 Å². The fraction of sp³-hybridized carbons (Fsp3) is 0.562. The van der Waals surface area contributed by atoms with Crippen molar-refractivity contribution >= 4 is 9.84 Å². The monoisotopic (exact) mass is 321 g/mol. The molecule has 0 amide bonds. The Balaban J connectivity index is 1.72. The van der Waals surface area contributed by atoms with Crippen molar-refractivity contribution in [2.24, 2.45) is 0 Å². The predicted molar refractivity (Wildman–Crippen MR) is 87.2 cm³/mol. The highest BCUT2D eigenvalue weighted by Crippen LogP contribution is 2.12. The minimum absolute atomic E-state index is 0.242. The van der Waals surface area contributed by atoms with Gasteiger partial charge in [0.15, 0.2) is 0 Å². The van der Waals surface area contributed by atoms with Crippen molar-refractivity contribution in [2.75, 3.05) is 31.6 Å². The van der Waals surface area contributed by atoms with Gasteiger partial charge < -0.3 is 10.2 Å². The van der Waals surface area contributed by atoms with Gasteiger partial charge in [0.25, 0.3) is 0 Å². The molecule has 5 nitrogen and oxygen atoms in total. The molecule has 0 bridgehead atoms. The molecule has 1 aliphatic rings. The number of nitrogens with one attached hydrogen (secondary N) is 1. The molecule has 0 aliphatic carbocycles. The Labute approximate surface area is 132 Å². The first-order valence-corrected chi connectivity index (χ1v) is 9.65. The van der Waals surface area contributed by atoms with E-state index >= 15 is 0 Å². The molecule has 1 saturated heterocycles. The maximum atomic E-state index is 11.2. The highest BCUT2D eigenvalue weighted by atomic mass is 32.2. The van der Waals surface area contributed by atoms with E-state index in [9.17, 15) is 8.42 Å².